The predicted molar refractivity (Wildman–Crippen MR) is 119 cm³/mol. The second-order valence-corrected chi connectivity index (χ2v) is 8.03. The summed E-state index contributed by atoms with van der Waals surface area (Å²) in [7, 11) is 1.49. The minimum atomic E-state index is -0.487. The molecule has 0 bridgehead atoms. The minimum Gasteiger partial charge on any atom is -0.357 e. The van der Waals surface area contributed by atoms with E-state index in [0.717, 1.165) is 28.3 Å². The fraction of sp³-hybridized carbons (Fsp3) is 0.304. The van der Waals surface area contributed by atoms with Gasteiger partial charge in [-0.25, -0.2) is 4.79 Å². The average molecular weight is 425 g/mol. The van der Waals surface area contributed by atoms with Crippen LogP contribution in [0.4, 0.5) is 4.79 Å². The van der Waals surface area contributed by atoms with Crippen LogP contribution in [0.5, 0.6) is 0 Å². The number of para-hydroxylation sites is 1. The van der Waals surface area contributed by atoms with Crippen LogP contribution in [-0.2, 0) is 4.79 Å². The first-order valence-corrected chi connectivity index (χ1v) is 10.5. The highest BCUT2D eigenvalue weighted by Gasteiger charge is 2.35. The molecule has 0 radical (unpaired) electrons. The SMILES string of the molecule is CNC(=O)NC(=O)CCN1C[C@@H](c2ccccc2Cl)c2c([nH]c3ccccc23)[C@@H]1C. The Bertz CT molecular complexity index is 1090. The van der Waals surface area contributed by atoms with E-state index in [2.05, 4.69) is 51.7 Å². The van der Waals surface area contributed by atoms with Crippen molar-refractivity contribution in [1.29, 1.82) is 0 Å². The molecule has 4 rings (SSSR count). The number of imide groups is 1. The molecular weight excluding hydrogens is 400 g/mol. The van der Waals surface area contributed by atoms with Gasteiger partial charge in [0.2, 0.25) is 5.91 Å². The van der Waals surface area contributed by atoms with E-state index in [4.69, 9.17) is 11.6 Å². The van der Waals surface area contributed by atoms with Gasteiger partial charge in [-0.15, -0.1) is 0 Å². The Morgan fingerprint density at radius 2 is 1.90 bits per heavy atom. The summed E-state index contributed by atoms with van der Waals surface area (Å²) in [6.45, 7) is 3.43. The van der Waals surface area contributed by atoms with E-state index in [1.165, 1.54) is 18.0 Å². The Balaban J connectivity index is 1.68. The van der Waals surface area contributed by atoms with Crippen molar-refractivity contribution in [1.82, 2.24) is 20.5 Å². The molecule has 30 heavy (non-hydrogen) atoms. The number of amides is 3. The maximum Gasteiger partial charge on any atom is 0.321 e. The number of H-pyrrole nitrogens is 1. The van der Waals surface area contributed by atoms with Gasteiger partial charge >= 0.3 is 6.03 Å². The number of hydrogen-bond donors (Lipinski definition) is 3. The zero-order valence-electron chi connectivity index (χ0n) is 17.0. The maximum absolute atomic E-state index is 12.1. The van der Waals surface area contributed by atoms with Gasteiger partial charge in [-0.2, -0.15) is 0 Å². The zero-order chi connectivity index (χ0) is 21.3. The van der Waals surface area contributed by atoms with Gasteiger partial charge in [-0.3, -0.25) is 15.0 Å². The first-order valence-electron chi connectivity index (χ1n) is 10.1. The van der Waals surface area contributed by atoms with Gasteiger partial charge in [0.15, 0.2) is 0 Å². The molecule has 1 aliphatic rings. The molecule has 1 aliphatic heterocycles. The first-order chi connectivity index (χ1) is 14.5. The van der Waals surface area contributed by atoms with E-state index in [9.17, 15) is 9.59 Å². The van der Waals surface area contributed by atoms with Crippen molar-refractivity contribution in [2.75, 3.05) is 20.1 Å². The molecule has 2 aromatic carbocycles. The number of urea groups is 1. The highest BCUT2D eigenvalue weighted by Crippen LogP contribution is 2.44. The lowest BCUT2D eigenvalue weighted by molar-refractivity contribution is -0.120. The van der Waals surface area contributed by atoms with Crippen LogP contribution in [0.15, 0.2) is 48.5 Å². The number of aromatic nitrogens is 1. The number of fused-ring (bicyclic) bond motifs is 3. The molecule has 2 heterocycles. The van der Waals surface area contributed by atoms with E-state index in [1.807, 2.05) is 24.3 Å². The fourth-order valence-electron chi connectivity index (χ4n) is 4.35. The Morgan fingerprint density at radius 3 is 2.67 bits per heavy atom. The summed E-state index contributed by atoms with van der Waals surface area (Å²) in [6, 6.07) is 15.9. The molecule has 0 unspecified atom stereocenters. The molecule has 1 aromatic heterocycles. The van der Waals surface area contributed by atoms with E-state index >= 15 is 0 Å². The highest BCUT2D eigenvalue weighted by atomic mass is 35.5. The average Bonchev–Trinajstić information content (AvgIpc) is 3.14. The van der Waals surface area contributed by atoms with Gasteiger partial charge in [0.25, 0.3) is 0 Å². The second-order valence-electron chi connectivity index (χ2n) is 7.62. The van der Waals surface area contributed by atoms with E-state index in [0.29, 0.717) is 6.54 Å². The number of halogens is 1. The van der Waals surface area contributed by atoms with Gasteiger partial charge in [0, 0.05) is 60.1 Å². The molecule has 0 saturated carbocycles. The molecule has 0 saturated heterocycles. The molecule has 6 nitrogen and oxygen atoms in total. The van der Waals surface area contributed by atoms with E-state index < -0.39 is 6.03 Å². The minimum absolute atomic E-state index is 0.0862. The normalized spacial score (nSPS) is 18.8. The molecule has 2 atom stereocenters. The van der Waals surface area contributed by atoms with Gasteiger partial charge in [-0.1, -0.05) is 48.0 Å². The van der Waals surface area contributed by atoms with Gasteiger partial charge in [0.1, 0.15) is 0 Å². The molecule has 3 aromatic rings. The standard InChI is InChI=1S/C23H25ClN4O2/c1-14-22-21(16-8-4-6-10-19(16)26-22)17(15-7-3-5-9-18(15)24)13-28(14)12-11-20(29)27-23(30)25-2/h3-10,14,17,26H,11-13H2,1-2H3,(H2,25,27,29,30)/t14-,17-/m0/s1. The lowest BCUT2D eigenvalue weighted by Crippen LogP contribution is -2.41. The topological polar surface area (TPSA) is 77.2 Å². The number of rotatable bonds is 4. The third kappa shape index (κ3) is 3.80. The van der Waals surface area contributed by atoms with Crippen molar-refractivity contribution >= 4 is 34.4 Å². The number of aromatic amines is 1. The largest absolute Gasteiger partial charge is 0.357 e. The highest BCUT2D eigenvalue weighted by molar-refractivity contribution is 6.31. The third-order valence-electron chi connectivity index (χ3n) is 5.89. The van der Waals surface area contributed by atoms with Crippen LogP contribution in [0.1, 0.15) is 42.1 Å². The van der Waals surface area contributed by atoms with Crippen LogP contribution < -0.4 is 10.6 Å². The molecule has 7 heteroatoms. The maximum atomic E-state index is 12.1. The van der Waals surface area contributed by atoms with Crippen LogP contribution in [0.25, 0.3) is 10.9 Å². The molecule has 156 valence electrons. The first kappa shape index (κ1) is 20.4. The predicted octanol–water partition coefficient (Wildman–Crippen LogP) is 4.18. The molecule has 3 amide bonds. The van der Waals surface area contributed by atoms with Crippen LogP contribution in [-0.4, -0.2) is 42.0 Å². The number of hydrogen-bond acceptors (Lipinski definition) is 3. The summed E-state index contributed by atoms with van der Waals surface area (Å²) < 4.78 is 0. The Kier molecular flexibility index (Phi) is 5.79. The molecule has 0 aliphatic carbocycles. The van der Waals surface area contributed by atoms with Crippen molar-refractivity contribution in [3.63, 3.8) is 0 Å². The van der Waals surface area contributed by atoms with Gasteiger partial charge in [-0.05, 0) is 30.2 Å². The third-order valence-corrected chi connectivity index (χ3v) is 6.24. The van der Waals surface area contributed by atoms with Crippen LogP contribution in [0.3, 0.4) is 0 Å². The lowest BCUT2D eigenvalue weighted by Gasteiger charge is -2.38. The van der Waals surface area contributed by atoms with Crippen molar-refractivity contribution in [3.05, 3.63) is 70.4 Å². The second kappa shape index (κ2) is 8.50. The summed E-state index contributed by atoms with van der Waals surface area (Å²) in [5.41, 5.74) is 4.61. The van der Waals surface area contributed by atoms with Gasteiger partial charge in [0.05, 0.1) is 0 Å². The van der Waals surface area contributed by atoms with Crippen LogP contribution in [0, 0.1) is 0 Å². The number of carbonyl (C=O) groups excluding carboxylic acids is 2. The Morgan fingerprint density at radius 1 is 1.17 bits per heavy atom. The van der Waals surface area contributed by atoms with Crippen molar-refractivity contribution in [2.45, 2.75) is 25.3 Å². The van der Waals surface area contributed by atoms with E-state index in [1.54, 1.807) is 0 Å². The molecule has 0 fully saturated rings. The lowest BCUT2D eigenvalue weighted by atomic mass is 9.83. The summed E-state index contributed by atoms with van der Waals surface area (Å²) >= 11 is 6.59. The van der Waals surface area contributed by atoms with Crippen molar-refractivity contribution in [2.24, 2.45) is 0 Å². The number of benzene rings is 2. The number of carbonyl (C=O) groups is 2. The smallest absolute Gasteiger partial charge is 0.321 e. The quantitative estimate of drug-likeness (QED) is 0.588. The fourth-order valence-corrected chi connectivity index (χ4v) is 4.62. The summed E-state index contributed by atoms with van der Waals surface area (Å²) in [5.74, 6) is -0.207. The molecule has 0 spiro atoms. The van der Waals surface area contributed by atoms with Crippen molar-refractivity contribution < 1.29 is 9.59 Å². The summed E-state index contributed by atoms with van der Waals surface area (Å²) in [6.07, 6.45) is 0.239. The van der Waals surface area contributed by atoms with Crippen LogP contribution in [0.2, 0.25) is 5.02 Å². The Hall–Kier alpha value is -2.83. The van der Waals surface area contributed by atoms with Crippen LogP contribution >= 0.6 is 11.6 Å². The van der Waals surface area contributed by atoms with Gasteiger partial charge < -0.3 is 10.3 Å². The number of nitrogens with one attached hydrogen (secondary N) is 3. The molecular formula is C23H25ClN4O2. The summed E-state index contributed by atoms with van der Waals surface area (Å²) in [5, 5.41) is 6.68. The molecule has 3 N–H and O–H groups in total. The monoisotopic (exact) mass is 424 g/mol. The summed E-state index contributed by atoms with van der Waals surface area (Å²) in [4.78, 5) is 29.4. The number of nitrogens with zero attached hydrogens (tertiary/aromatic N) is 1. The zero-order valence-corrected chi connectivity index (χ0v) is 17.8. The van der Waals surface area contributed by atoms with Crippen molar-refractivity contribution in [3.8, 4) is 0 Å². The Labute approximate surface area is 180 Å². The van der Waals surface area contributed by atoms with E-state index in [-0.39, 0.29) is 24.3 Å².